The topological polar surface area (TPSA) is 96.9 Å². The number of anilines is 1. The Balaban J connectivity index is 1.76. The Labute approximate surface area is 145 Å². The zero-order chi connectivity index (χ0) is 17.9. The van der Waals surface area contributed by atoms with Crippen molar-refractivity contribution in [2.75, 3.05) is 4.72 Å². The van der Waals surface area contributed by atoms with Crippen molar-refractivity contribution in [3.05, 3.63) is 66.1 Å². The van der Waals surface area contributed by atoms with Gasteiger partial charge in [-0.25, -0.2) is 8.42 Å². The van der Waals surface area contributed by atoms with E-state index in [1.807, 2.05) is 30.3 Å². The number of nitrogens with one attached hydrogen (secondary N) is 1. The van der Waals surface area contributed by atoms with Crippen LogP contribution in [-0.2, 0) is 10.0 Å². The van der Waals surface area contributed by atoms with Gasteiger partial charge in [0.05, 0.1) is 11.4 Å². The number of aromatic nitrogens is 1. The first-order valence-electron chi connectivity index (χ1n) is 7.48. The predicted octanol–water partition coefficient (Wildman–Crippen LogP) is 4.51. The molecule has 0 atom stereocenters. The van der Waals surface area contributed by atoms with Crippen molar-refractivity contribution in [3.8, 4) is 0 Å². The highest BCUT2D eigenvalue weighted by atomic mass is 32.2. The van der Waals surface area contributed by atoms with Crippen LogP contribution in [0.2, 0.25) is 0 Å². The van der Waals surface area contributed by atoms with E-state index in [1.165, 1.54) is 0 Å². The molecule has 8 heteroatoms. The van der Waals surface area contributed by atoms with E-state index in [1.54, 1.807) is 38.1 Å². The van der Waals surface area contributed by atoms with Gasteiger partial charge in [0.15, 0.2) is 10.7 Å². The maximum Gasteiger partial charge on any atom is 0.267 e. The molecule has 0 aliphatic carbocycles. The Morgan fingerprint density at radius 1 is 0.920 bits per heavy atom. The lowest BCUT2D eigenvalue weighted by atomic mass is 10.3. The SMILES string of the molecule is Cc1noc(C)c1S(=O)(=O)Nc1ccc(N=Nc2ccccc2)cc1. The number of azo groups is 1. The van der Waals surface area contributed by atoms with Crippen molar-refractivity contribution in [2.24, 2.45) is 10.2 Å². The number of aryl methyl sites for hydroxylation is 2. The van der Waals surface area contributed by atoms with Gasteiger partial charge in [-0.05, 0) is 50.2 Å². The molecule has 2 aromatic carbocycles. The van der Waals surface area contributed by atoms with Crippen LogP contribution in [0.5, 0.6) is 0 Å². The molecule has 0 aliphatic rings. The van der Waals surface area contributed by atoms with Gasteiger partial charge in [0.25, 0.3) is 10.0 Å². The van der Waals surface area contributed by atoms with Gasteiger partial charge in [-0.3, -0.25) is 4.72 Å². The highest BCUT2D eigenvalue weighted by molar-refractivity contribution is 7.92. The average Bonchev–Trinajstić information content (AvgIpc) is 2.94. The van der Waals surface area contributed by atoms with Crippen molar-refractivity contribution in [2.45, 2.75) is 18.7 Å². The smallest absolute Gasteiger partial charge is 0.267 e. The van der Waals surface area contributed by atoms with E-state index in [0.29, 0.717) is 17.1 Å². The lowest BCUT2D eigenvalue weighted by molar-refractivity contribution is 0.390. The molecule has 1 N–H and O–H groups in total. The molecular formula is C17H16N4O3S. The summed E-state index contributed by atoms with van der Waals surface area (Å²) in [6, 6.07) is 15.9. The number of benzene rings is 2. The van der Waals surface area contributed by atoms with Crippen LogP contribution in [0, 0.1) is 13.8 Å². The summed E-state index contributed by atoms with van der Waals surface area (Å²) in [5.41, 5.74) is 2.09. The standard InChI is InChI=1S/C17H16N4O3S/c1-12-17(13(2)24-20-12)25(22,23)21-16-10-8-15(9-11-16)19-18-14-6-4-3-5-7-14/h3-11,21H,1-2H3. The molecule has 0 bridgehead atoms. The molecule has 0 fully saturated rings. The normalized spacial score (nSPS) is 11.8. The Hall–Kier alpha value is -3.00. The first-order chi connectivity index (χ1) is 12.0. The number of hydrogen-bond donors (Lipinski definition) is 1. The fourth-order valence-electron chi connectivity index (χ4n) is 2.27. The van der Waals surface area contributed by atoms with Crippen LogP contribution >= 0.6 is 0 Å². The molecule has 7 nitrogen and oxygen atoms in total. The van der Waals surface area contributed by atoms with Gasteiger partial charge in [0.2, 0.25) is 0 Å². The Bertz CT molecular complexity index is 975. The molecule has 1 heterocycles. The highest BCUT2D eigenvalue weighted by Crippen LogP contribution is 2.24. The molecule has 1 aromatic heterocycles. The second kappa shape index (κ2) is 6.86. The molecule has 0 saturated carbocycles. The molecular weight excluding hydrogens is 340 g/mol. The number of sulfonamides is 1. The second-order valence-corrected chi connectivity index (χ2v) is 6.96. The summed E-state index contributed by atoms with van der Waals surface area (Å²) in [6.45, 7) is 3.14. The van der Waals surface area contributed by atoms with E-state index in [2.05, 4.69) is 20.1 Å². The molecule has 128 valence electrons. The summed E-state index contributed by atoms with van der Waals surface area (Å²) >= 11 is 0. The maximum atomic E-state index is 12.4. The van der Waals surface area contributed by atoms with Crippen molar-refractivity contribution < 1.29 is 12.9 Å². The van der Waals surface area contributed by atoms with Gasteiger partial charge in [0, 0.05) is 5.69 Å². The van der Waals surface area contributed by atoms with E-state index in [9.17, 15) is 8.42 Å². The zero-order valence-electron chi connectivity index (χ0n) is 13.7. The summed E-state index contributed by atoms with van der Waals surface area (Å²) in [5, 5.41) is 11.9. The number of rotatable bonds is 5. The van der Waals surface area contributed by atoms with Crippen LogP contribution in [-0.4, -0.2) is 13.6 Å². The molecule has 3 rings (SSSR count). The molecule has 0 spiro atoms. The van der Waals surface area contributed by atoms with E-state index in [0.717, 1.165) is 5.69 Å². The van der Waals surface area contributed by atoms with E-state index in [-0.39, 0.29) is 10.7 Å². The molecule has 0 amide bonds. The van der Waals surface area contributed by atoms with Gasteiger partial charge in [-0.1, -0.05) is 23.4 Å². The lowest BCUT2D eigenvalue weighted by Crippen LogP contribution is -2.14. The third-order valence-electron chi connectivity index (χ3n) is 3.39. The fraction of sp³-hybridized carbons (Fsp3) is 0.118. The van der Waals surface area contributed by atoms with Crippen molar-refractivity contribution in [3.63, 3.8) is 0 Å². The minimum Gasteiger partial charge on any atom is -0.360 e. The summed E-state index contributed by atoms with van der Waals surface area (Å²) in [4.78, 5) is 0.0559. The number of nitrogens with zero attached hydrogens (tertiary/aromatic N) is 3. The highest BCUT2D eigenvalue weighted by Gasteiger charge is 2.24. The van der Waals surface area contributed by atoms with Gasteiger partial charge in [0.1, 0.15) is 5.69 Å². The van der Waals surface area contributed by atoms with E-state index >= 15 is 0 Å². The molecule has 0 saturated heterocycles. The Morgan fingerprint density at radius 2 is 1.52 bits per heavy atom. The minimum absolute atomic E-state index is 0.0559. The third-order valence-corrected chi connectivity index (χ3v) is 5.02. The second-order valence-electron chi connectivity index (χ2n) is 5.34. The quantitative estimate of drug-likeness (QED) is 0.680. The molecule has 0 aliphatic heterocycles. The van der Waals surface area contributed by atoms with Gasteiger partial charge < -0.3 is 4.52 Å². The molecule has 3 aromatic rings. The van der Waals surface area contributed by atoms with E-state index in [4.69, 9.17) is 4.52 Å². The summed E-state index contributed by atoms with van der Waals surface area (Å²) < 4.78 is 32.3. The first kappa shape index (κ1) is 16.8. The predicted molar refractivity (Wildman–Crippen MR) is 93.8 cm³/mol. The van der Waals surface area contributed by atoms with Crippen molar-refractivity contribution in [1.82, 2.24) is 5.16 Å². The van der Waals surface area contributed by atoms with Crippen LogP contribution < -0.4 is 4.72 Å². The van der Waals surface area contributed by atoms with Crippen molar-refractivity contribution >= 4 is 27.1 Å². The van der Waals surface area contributed by atoms with Gasteiger partial charge in [-0.2, -0.15) is 10.2 Å². The van der Waals surface area contributed by atoms with Crippen LogP contribution in [0.15, 0.2) is 74.2 Å². The van der Waals surface area contributed by atoms with Gasteiger partial charge in [-0.15, -0.1) is 0 Å². The molecule has 0 unspecified atom stereocenters. The average molecular weight is 356 g/mol. The summed E-state index contributed by atoms with van der Waals surface area (Å²) in [6.07, 6.45) is 0. The van der Waals surface area contributed by atoms with Crippen LogP contribution in [0.1, 0.15) is 11.5 Å². The molecule has 0 radical (unpaired) electrons. The zero-order valence-corrected chi connectivity index (χ0v) is 14.5. The fourth-order valence-corrected chi connectivity index (χ4v) is 3.66. The lowest BCUT2D eigenvalue weighted by Gasteiger charge is -2.07. The minimum atomic E-state index is -3.76. The third kappa shape index (κ3) is 3.92. The van der Waals surface area contributed by atoms with Crippen LogP contribution in [0.4, 0.5) is 17.1 Å². The Morgan fingerprint density at radius 3 is 2.08 bits per heavy atom. The first-order valence-corrected chi connectivity index (χ1v) is 8.96. The monoisotopic (exact) mass is 356 g/mol. The maximum absolute atomic E-state index is 12.4. The van der Waals surface area contributed by atoms with Crippen molar-refractivity contribution in [1.29, 1.82) is 0 Å². The van der Waals surface area contributed by atoms with Crippen LogP contribution in [0.25, 0.3) is 0 Å². The van der Waals surface area contributed by atoms with E-state index < -0.39 is 10.0 Å². The largest absolute Gasteiger partial charge is 0.360 e. The van der Waals surface area contributed by atoms with Crippen LogP contribution in [0.3, 0.4) is 0 Å². The molecule has 25 heavy (non-hydrogen) atoms. The Kier molecular flexibility index (Phi) is 4.62. The summed E-state index contributed by atoms with van der Waals surface area (Å²) in [7, 11) is -3.76. The van der Waals surface area contributed by atoms with Gasteiger partial charge >= 0.3 is 0 Å². The number of hydrogen-bond acceptors (Lipinski definition) is 6. The summed E-state index contributed by atoms with van der Waals surface area (Å²) in [5.74, 6) is 0.248.